The Balaban J connectivity index is 3.78. The Bertz CT molecular complexity index is 242. The predicted octanol–water partition coefficient (Wildman–Crippen LogP) is 2.59. The van der Waals surface area contributed by atoms with Crippen LogP contribution in [0.15, 0.2) is 0 Å². The van der Waals surface area contributed by atoms with Gasteiger partial charge in [-0.3, -0.25) is 4.79 Å². The van der Waals surface area contributed by atoms with E-state index < -0.39 is 21.7 Å². The summed E-state index contributed by atoms with van der Waals surface area (Å²) in [6, 6.07) is 0. The maximum Gasteiger partial charge on any atom is 0.238 e. The predicted molar refractivity (Wildman–Crippen MR) is 71.0 cm³/mol. The van der Waals surface area contributed by atoms with Crippen LogP contribution in [0, 0.1) is 0 Å². The molecule has 0 heterocycles. The average Bonchev–Trinajstić information content (AvgIpc) is 2.27. The molecule has 0 aliphatic heterocycles. The van der Waals surface area contributed by atoms with Crippen molar-refractivity contribution in [3.05, 3.63) is 0 Å². The molecule has 0 aromatic carbocycles. The minimum atomic E-state index is -2.18. The summed E-state index contributed by atoms with van der Waals surface area (Å²) in [6.45, 7) is 3.64. The summed E-state index contributed by atoms with van der Waals surface area (Å²) < 4.78 is 18.9. The van der Waals surface area contributed by atoms with E-state index in [1.807, 2.05) is 0 Å². The van der Waals surface area contributed by atoms with Crippen LogP contribution in [-0.2, 0) is 15.9 Å². The first-order valence-electron chi connectivity index (χ1n) is 6.36. The van der Waals surface area contributed by atoms with Gasteiger partial charge in [-0.2, -0.15) is 0 Å². The summed E-state index contributed by atoms with van der Waals surface area (Å²) in [4.78, 5) is 11.1. The molecule has 0 saturated carbocycles. The summed E-state index contributed by atoms with van der Waals surface area (Å²) in [5.41, 5.74) is 5.16. The molecule has 0 saturated heterocycles. The summed E-state index contributed by atoms with van der Waals surface area (Å²) >= 11 is -2.18. The number of rotatable bonds is 10. The minimum Gasteiger partial charge on any atom is -0.368 e. The molecule has 0 bridgehead atoms. The van der Waals surface area contributed by atoms with Crippen LogP contribution in [0.25, 0.3) is 0 Å². The molecule has 5 heteroatoms. The van der Waals surface area contributed by atoms with Gasteiger partial charge in [-0.05, 0) is 13.3 Å². The largest absolute Gasteiger partial charge is 0.368 e. The molecule has 0 fully saturated rings. The smallest absolute Gasteiger partial charge is 0.238 e. The van der Waals surface area contributed by atoms with Crippen molar-refractivity contribution in [3.63, 3.8) is 0 Å². The van der Waals surface area contributed by atoms with Gasteiger partial charge < -0.3 is 10.3 Å². The third-order valence-electron chi connectivity index (χ3n) is 3.16. The zero-order valence-corrected chi connectivity index (χ0v) is 11.7. The van der Waals surface area contributed by atoms with Crippen molar-refractivity contribution < 1.29 is 13.6 Å². The maximum absolute atomic E-state index is 11.1. The third-order valence-corrected chi connectivity index (χ3v) is 4.34. The van der Waals surface area contributed by atoms with Crippen LogP contribution in [0.1, 0.15) is 65.2 Å². The summed E-state index contributed by atoms with van der Waals surface area (Å²) in [5, 5.41) is 0. The van der Waals surface area contributed by atoms with Crippen LogP contribution in [0.5, 0.6) is 0 Å². The van der Waals surface area contributed by atoms with E-state index >= 15 is 0 Å². The Labute approximate surface area is 107 Å². The molecular weight excluding hydrogens is 238 g/mol. The second-order valence-corrected chi connectivity index (χ2v) is 6.11. The molecule has 17 heavy (non-hydrogen) atoms. The summed E-state index contributed by atoms with van der Waals surface area (Å²) in [5.74, 6) is -0.690. The van der Waals surface area contributed by atoms with Gasteiger partial charge in [0.05, 0.1) is 0 Å². The standard InChI is InChI=1S/C12H25NO3S/c1-3-4-5-6-7-8-9-10-12(2,11(13)14)17(15)16/h3-10H2,1-2H3,(H2,13,14)(H,15,16). The van der Waals surface area contributed by atoms with Crippen LogP contribution >= 0.6 is 0 Å². The van der Waals surface area contributed by atoms with E-state index in [1.165, 1.54) is 32.6 Å². The van der Waals surface area contributed by atoms with E-state index in [9.17, 15) is 9.00 Å². The number of amides is 1. The molecule has 3 N–H and O–H groups in total. The van der Waals surface area contributed by atoms with Crippen molar-refractivity contribution in [1.29, 1.82) is 0 Å². The molecular formula is C12H25NO3S. The molecule has 1 amide bonds. The van der Waals surface area contributed by atoms with E-state index in [4.69, 9.17) is 10.3 Å². The Hall–Kier alpha value is -0.420. The lowest BCUT2D eigenvalue weighted by Gasteiger charge is -2.21. The number of hydrogen-bond donors (Lipinski definition) is 2. The highest BCUT2D eigenvalue weighted by molar-refractivity contribution is 7.81. The molecule has 0 aromatic heterocycles. The van der Waals surface area contributed by atoms with Crippen molar-refractivity contribution in [3.8, 4) is 0 Å². The van der Waals surface area contributed by atoms with Crippen molar-refractivity contribution in [1.82, 2.24) is 0 Å². The minimum absolute atomic E-state index is 0.388. The Morgan fingerprint density at radius 3 is 2.06 bits per heavy atom. The fraction of sp³-hybridized carbons (Fsp3) is 0.917. The van der Waals surface area contributed by atoms with Crippen LogP contribution in [-0.4, -0.2) is 19.4 Å². The highest BCUT2D eigenvalue weighted by Gasteiger charge is 2.36. The monoisotopic (exact) mass is 263 g/mol. The normalized spacial score (nSPS) is 16.4. The molecule has 0 rings (SSSR count). The molecule has 0 aliphatic carbocycles. The van der Waals surface area contributed by atoms with Crippen molar-refractivity contribution >= 4 is 17.0 Å². The molecule has 0 aliphatic rings. The number of carbonyl (C=O) groups excluding carboxylic acids is 1. The Kier molecular flexibility index (Phi) is 8.43. The van der Waals surface area contributed by atoms with Crippen LogP contribution in [0.4, 0.5) is 0 Å². The molecule has 2 atom stereocenters. The van der Waals surface area contributed by atoms with Gasteiger partial charge in [0.2, 0.25) is 5.91 Å². The number of unbranched alkanes of at least 4 members (excludes halogenated alkanes) is 6. The summed E-state index contributed by atoms with van der Waals surface area (Å²) in [7, 11) is 0. The van der Waals surface area contributed by atoms with E-state index in [-0.39, 0.29) is 0 Å². The van der Waals surface area contributed by atoms with Gasteiger partial charge in [-0.25, -0.2) is 4.21 Å². The maximum atomic E-state index is 11.1. The van der Waals surface area contributed by atoms with E-state index in [1.54, 1.807) is 0 Å². The van der Waals surface area contributed by atoms with E-state index in [2.05, 4.69) is 6.92 Å². The second kappa shape index (κ2) is 8.64. The first kappa shape index (κ1) is 16.6. The quantitative estimate of drug-likeness (QED) is 0.469. The van der Waals surface area contributed by atoms with Crippen LogP contribution in [0.2, 0.25) is 0 Å². The van der Waals surface area contributed by atoms with Gasteiger partial charge in [-0.15, -0.1) is 0 Å². The third kappa shape index (κ3) is 6.17. The average molecular weight is 263 g/mol. The molecule has 102 valence electrons. The van der Waals surface area contributed by atoms with Crippen molar-refractivity contribution in [2.24, 2.45) is 5.73 Å². The van der Waals surface area contributed by atoms with Gasteiger partial charge in [0, 0.05) is 0 Å². The van der Waals surface area contributed by atoms with Gasteiger partial charge in [0.1, 0.15) is 4.75 Å². The topological polar surface area (TPSA) is 80.4 Å². The number of carbonyl (C=O) groups is 1. The Morgan fingerprint density at radius 1 is 1.18 bits per heavy atom. The van der Waals surface area contributed by atoms with Gasteiger partial charge >= 0.3 is 0 Å². The lowest BCUT2D eigenvalue weighted by Crippen LogP contribution is -2.44. The fourth-order valence-electron chi connectivity index (χ4n) is 1.72. The van der Waals surface area contributed by atoms with Crippen LogP contribution in [0.3, 0.4) is 0 Å². The first-order valence-corrected chi connectivity index (χ1v) is 7.46. The molecule has 4 nitrogen and oxygen atoms in total. The van der Waals surface area contributed by atoms with Gasteiger partial charge in [0.15, 0.2) is 11.1 Å². The number of hydrogen-bond acceptors (Lipinski definition) is 2. The van der Waals surface area contributed by atoms with E-state index in [0.717, 1.165) is 19.3 Å². The lowest BCUT2D eigenvalue weighted by molar-refractivity contribution is -0.120. The first-order chi connectivity index (χ1) is 7.95. The fourth-order valence-corrected chi connectivity index (χ4v) is 2.21. The molecule has 2 unspecified atom stereocenters. The molecule has 0 aromatic rings. The lowest BCUT2D eigenvalue weighted by atomic mass is 10.0. The van der Waals surface area contributed by atoms with Crippen LogP contribution < -0.4 is 5.73 Å². The highest BCUT2D eigenvalue weighted by Crippen LogP contribution is 2.21. The SMILES string of the molecule is CCCCCCCCCC(C)(C(N)=O)S(=O)O. The highest BCUT2D eigenvalue weighted by atomic mass is 32.2. The van der Waals surface area contributed by atoms with Crippen molar-refractivity contribution in [2.75, 3.05) is 0 Å². The van der Waals surface area contributed by atoms with E-state index in [0.29, 0.717) is 6.42 Å². The zero-order valence-electron chi connectivity index (χ0n) is 10.9. The summed E-state index contributed by atoms with van der Waals surface area (Å²) in [6.07, 6.45) is 8.20. The second-order valence-electron chi connectivity index (χ2n) is 4.72. The van der Waals surface area contributed by atoms with Crippen molar-refractivity contribution in [2.45, 2.75) is 70.0 Å². The number of primary amides is 1. The number of nitrogens with two attached hydrogens (primary N) is 1. The molecule has 0 radical (unpaired) electrons. The van der Waals surface area contributed by atoms with Gasteiger partial charge in [0.25, 0.3) is 0 Å². The van der Waals surface area contributed by atoms with Gasteiger partial charge in [-0.1, -0.05) is 51.9 Å². The zero-order chi connectivity index (χ0) is 13.3. The Morgan fingerprint density at radius 2 is 1.65 bits per heavy atom. The molecule has 0 spiro atoms.